The number of halogens is 1. The number of thiophene rings is 1. The van der Waals surface area contributed by atoms with Gasteiger partial charge in [-0.3, -0.25) is 9.59 Å². The molecule has 0 aliphatic carbocycles. The summed E-state index contributed by atoms with van der Waals surface area (Å²) in [5.74, 6) is -0.307. The minimum absolute atomic E-state index is 0.0551. The summed E-state index contributed by atoms with van der Waals surface area (Å²) >= 11 is 8.07. The summed E-state index contributed by atoms with van der Waals surface area (Å²) in [5, 5.41) is 8.77. The minimum Gasteiger partial charge on any atom is -0.383 e. The molecule has 0 saturated carbocycles. The molecule has 0 fully saturated rings. The summed E-state index contributed by atoms with van der Waals surface area (Å²) in [6.45, 7) is 6.68. The van der Waals surface area contributed by atoms with E-state index in [0.29, 0.717) is 31.0 Å². The van der Waals surface area contributed by atoms with E-state index in [0.717, 1.165) is 16.2 Å². The lowest BCUT2D eigenvalue weighted by Crippen LogP contribution is -2.43. The predicted molar refractivity (Wildman–Crippen MR) is 129 cm³/mol. The third kappa shape index (κ3) is 6.18. The maximum Gasteiger partial charge on any atom is 0.262 e. The standard InChI is InChI=1S/C24H30ClN3O3S/c1-24(2,3)15-22(29)27(11-12-31-4)16-23(30)28-20(17-8-5-6-9-18(17)25)14-19(26-28)21-10-7-13-32-21/h5-10,13,20H,11-12,14-16H2,1-4H3. The minimum atomic E-state index is -0.310. The van der Waals surface area contributed by atoms with Gasteiger partial charge in [-0.15, -0.1) is 11.3 Å². The van der Waals surface area contributed by atoms with Gasteiger partial charge in [0.05, 0.1) is 23.2 Å². The van der Waals surface area contributed by atoms with Crippen LogP contribution in [0.2, 0.25) is 5.02 Å². The summed E-state index contributed by atoms with van der Waals surface area (Å²) in [6, 6.07) is 11.2. The molecule has 0 bridgehead atoms. The van der Waals surface area contributed by atoms with Crippen LogP contribution in [0.4, 0.5) is 0 Å². The highest BCUT2D eigenvalue weighted by molar-refractivity contribution is 7.12. The quantitative estimate of drug-likeness (QED) is 0.540. The molecule has 8 heteroatoms. The van der Waals surface area contributed by atoms with Gasteiger partial charge in [0.1, 0.15) is 6.54 Å². The van der Waals surface area contributed by atoms with Gasteiger partial charge in [0.2, 0.25) is 5.91 Å². The zero-order valence-corrected chi connectivity index (χ0v) is 20.6. The SMILES string of the molecule is COCCN(CC(=O)N1N=C(c2cccs2)CC1c1ccccc1Cl)C(=O)CC(C)(C)C. The summed E-state index contributed by atoms with van der Waals surface area (Å²) in [5.41, 5.74) is 1.52. The zero-order chi connectivity index (χ0) is 23.3. The van der Waals surface area contributed by atoms with Crippen LogP contribution < -0.4 is 0 Å². The molecule has 1 aliphatic heterocycles. The van der Waals surface area contributed by atoms with Gasteiger partial charge in [-0.2, -0.15) is 5.10 Å². The molecule has 32 heavy (non-hydrogen) atoms. The highest BCUT2D eigenvalue weighted by Crippen LogP contribution is 2.37. The Labute approximate surface area is 198 Å². The number of ether oxygens (including phenoxy) is 1. The first-order valence-electron chi connectivity index (χ1n) is 10.6. The molecule has 0 N–H and O–H groups in total. The second-order valence-electron chi connectivity index (χ2n) is 9.05. The van der Waals surface area contributed by atoms with Crippen molar-refractivity contribution in [2.75, 3.05) is 26.8 Å². The third-order valence-electron chi connectivity index (χ3n) is 5.16. The van der Waals surface area contributed by atoms with E-state index >= 15 is 0 Å². The third-order valence-corrected chi connectivity index (χ3v) is 6.42. The number of amides is 2. The zero-order valence-electron chi connectivity index (χ0n) is 19.0. The first-order chi connectivity index (χ1) is 15.2. The number of benzene rings is 1. The molecule has 0 spiro atoms. The Hall–Kier alpha value is -2.22. The Bertz CT molecular complexity index is 969. The van der Waals surface area contributed by atoms with Gasteiger partial charge >= 0.3 is 0 Å². The van der Waals surface area contributed by atoms with Gasteiger partial charge in [-0.25, -0.2) is 5.01 Å². The summed E-state index contributed by atoms with van der Waals surface area (Å²) in [6.07, 6.45) is 0.922. The molecule has 2 aromatic rings. The number of hydrazone groups is 1. The molecule has 1 aliphatic rings. The van der Waals surface area contributed by atoms with Crippen molar-refractivity contribution >= 4 is 40.5 Å². The van der Waals surface area contributed by atoms with E-state index < -0.39 is 0 Å². The molecule has 2 amide bonds. The van der Waals surface area contributed by atoms with Crippen LogP contribution in [0.3, 0.4) is 0 Å². The molecule has 0 saturated heterocycles. The number of methoxy groups -OCH3 is 1. The van der Waals surface area contributed by atoms with E-state index in [4.69, 9.17) is 16.3 Å². The highest BCUT2D eigenvalue weighted by atomic mass is 35.5. The monoisotopic (exact) mass is 475 g/mol. The van der Waals surface area contributed by atoms with Crippen LogP contribution in [0.15, 0.2) is 46.9 Å². The van der Waals surface area contributed by atoms with Crippen molar-refractivity contribution in [3.8, 4) is 0 Å². The molecule has 6 nitrogen and oxygen atoms in total. The summed E-state index contributed by atoms with van der Waals surface area (Å²) in [4.78, 5) is 29.0. The average Bonchev–Trinajstić information content (AvgIpc) is 3.39. The molecule has 172 valence electrons. The Morgan fingerprint density at radius 1 is 1.25 bits per heavy atom. The van der Waals surface area contributed by atoms with Crippen molar-refractivity contribution in [3.05, 3.63) is 57.2 Å². The largest absolute Gasteiger partial charge is 0.383 e. The molecule has 1 atom stereocenters. The lowest BCUT2D eigenvalue weighted by Gasteiger charge is -2.29. The van der Waals surface area contributed by atoms with Crippen molar-refractivity contribution in [3.63, 3.8) is 0 Å². The number of rotatable bonds is 8. The fourth-order valence-corrected chi connectivity index (χ4v) is 4.60. The molecular weight excluding hydrogens is 446 g/mol. The lowest BCUT2D eigenvalue weighted by molar-refractivity contribution is -0.143. The molecule has 1 unspecified atom stereocenters. The maximum atomic E-state index is 13.4. The van der Waals surface area contributed by atoms with E-state index in [-0.39, 0.29) is 29.8 Å². The van der Waals surface area contributed by atoms with Crippen molar-refractivity contribution in [2.45, 2.75) is 39.7 Å². The highest BCUT2D eigenvalue weighted by Gasteiger charge is 2.35. The number of hydrogen-bond acceptors (Lipinski definition) is 5. The second kappa shape index (κ2) is 10.6. The van der Waals surface area contributed by atoms with Crippen molar-refractivity contribution in [2.24, 2.45) is 10.5 Å². The predicted octanol–water partition coefficient (Wildman–Crippen LogP) is 4.99. The van der Waals surface area contributed by atoms with E-state index in [1.54, 1.807) is 23.3 Å². The topological polar surface area (TPSA) is 62.2 Å². The smallest absolute Gasteiger partial charge is 0.262 e. The van der Waals surface area contributed by atoms with Gasteiger partial charge in [0.25, 0.3) is 5.91 Å². The van der Waals surface area contributed by atoms with Crippen LogP contribution in [-0.4, -0.2) is 54.2 Å². The van der Waals surface area contributed by atoms with Crippen LogP contribution in [0.25, 0.3) is 0 Å². The van der Waals surface area contributed by atoms with Crippen molar-refractivity contribution < 1.29 is 14.3 Å². The molecule has 0 radical (unpaired) electrons. The maximum absolute atomic E-state index is 13.4. The molecule has 1 aromatic carbocycles. The fourth-order valence-electron chi connectivity index (χ4n) is 3.61. The van der Waals surface area contributed by atoms with Crippen LogP contribution in [0, 0.1) is 5.41 Å². The van der Waals surface area contributed by atoms with E-state index in [2.05, 4.69) is 5.10 Å². The fraction of sp³-hybridized carbons (Fsp3) is 0.458. The second-order valence-corrected chi connectivity index (χ2v) is 10.4. The molecule has 3 rings (SSSR count). The van der Waals surface area contributed by atoms with Gasteiger partial charge in [0.15, 0.2) is 0 Å². The molecule has 1 aromatic heterocycles. The van der Waals surface area contributed by atoms with E-state index in [9.17, 15) is 9.59 Å². The molecule has 2 heterocycles. The first-order valence-corrected chi connectivity index (χ1v) is 11.9. The summed E-state index contributed by atoms with van der Waals surface area (Å²) < 4.78 is 5.17. The lowest BCUT2D eigenvalue weighted by atomic mass is 9.91. The number of hydrogen-bond donors (Lipinski definition) is 0. The normalized spacial score (nSPS) is 16.2. The van der Waals surface area contributed by atoms with Crippen molar-refractivity contribution in [1.29, 1.82) is 0 Å². The Morgan fingerprint density at radius 3 is 2.62 bits per heavy atom. The van der Waals surface area contributed by atoms with Crippen molar-refractivity contribution in [1.82, 2.24) is 9.91 Å². The average molecular weight is 476 g/mol. The van der Waals surface area contributed by atoms with Gasteiger partial charge < -0.3 is 9.64 Å². The van der Waals surface area contributed by atoms with Gasteiger partial charge in [-0.1, -0.05) is 56.6 Å². The Morgan fingerprint density at radius 2 is 2.00 bits per heavy atom. The Kier molecular flexibility index (Phi) is 8.09. The Balaban J connectivity index is 1.86. The van der Waals surface area contributed by atoms with Crippen LogP contribution in [0.5, 0.6) is 0 Å². The van der Waals surface area contributed by atoms with Crippen LogP contribution in [-0.2, 0) is 14.3 Å². The first kappa shape index (κ1) is 24.4. The van der Waals surface area contributed by atoms with Gasteiger partial charge in [0, 0.05) is 31.5 Å². The number of nitrogens with zero attached hydrogens (tertiary/aromatic N) is 3. The number of carbonyl (C=O) groups is 2. The molecular formula is C24H30ClN3O3S. The van der Waals surface area contributed by atoms with E-state index in [1.807, 2.05) is 62.5 Å². The van der Waals surface area contributed by atoms with Gasteiger partial charge in [-0.05, 0) is 28.5 Å². The summed E-state index contributed by atoms with van der Waals surface area (Å²) in [7, 11) is 1.58. The van der Waals surface area contributed by atoms with Crippen LogP contribution in [0.1, 0.15) is 50.1 Å². The number of carbonyl (C=O) groups excluding carboxylic acids is 2. The van der Waals surface area contributed by atoms with E-state index in [1.165, 1.54) is 5.01 Å². The van der Waals surface area contributed by atoms with Crippen LogP contribution >= 0.6 is 22.9 Å².